The lowest BCUT2D eigenvalue weighted by Crippen LogP contribution is -2.04. The van der Waals surface area contributed by atoms with Gasteiger partial charge >= 0.3 is 5.97 Å². The summed E-state index contributed by atoms with van der Waals surface area (Å²) in [5.74, 6) is -1.45. The molecule has 4 heteroatoms. The molecule has 0 saturated heterocycles. The molecule has 0 aliphatic rings. The van der Waals surface area contributed by atoms with Gasteiger partial charge in [0.05, 0.1) is 6.42 Å². The molecule has 0 aliphatic carbocycles. The van der Waals surface area contributed by atoms with Gasteiger partial charge in [-0.25, -0.2) is 4.39 Å². The predicted molar refractivity (Wildman–Crippen MR) is 47.5 cm³/mol. The van der Waals surface area contributed by atoms with Crippen molar-refractivity contribution < 1.29 is 14.3 Å². The van der Waals surface area contributed by atoms with Crippen LogP contribution in [0.25, 0.3) is 0 Å². The summed E-state index contributed by atoms with van der Waals surface area (Å²) in [6.07, 6.45) is -0.248. The van der Waals surface area contributed by atoms with E-state index in [0.29, 0.717) is 16.1 Å². The van der Waals surface area contributed by atoms with Gasteiger partial charge in [-0.1, -0.05) is 11.6 Å². The van der Waals surface area contributed by atoms with E-state index in [1.165, 1.54) is 19.1 Å². The van der Waals surface area contributed by atoms with Crippen LogP contribution < -0.4 is 0 Å². The molecule has 70 valence electrons. The number of carboxylic acids is 1. The van der Waals surface area contributed by atoms with Crippen LogP contribution in [0.3, 0.4) is 0 Å². The molecular weight excluding hydrogens is 195 g/mol. The zero-order valence-electron chi connectivity index (χ0n) is 6.97. The monoisotopic (exact) mass is 202 g/mol. The number of halogens is 2. The second-order valence-electron chi connectivity index (χ2n) is 2.70. The van der Waals surface area contributed by atoms with Crippen LogP contribution >= 0.6 is 11.6 Å². The second kappa shape index (κ2) is 3.75. The molecule has 0 heterocycles. The maximum Gasteiger partial charge on any atom is 0.307 e. The molecule has 0 aliphatic heterocycles. The molecule has 0 fully saturated rings. The van der Waals surface area contributed by atoms with Crippen LogP contribution in [0.15, 0.2) is 12.1 Å². The van der Waals surface area contributed by atoms with Crippen LogP contribution in [0.2, 0.25) is 5.02 Å². The van der Waals surface area contributed by atoms with Gasteiger partial charge in [-0.05, 0) is 30.2 Å². The third-order valence-electron chi connectivity index (χ3n) is 1.80. The fourth-order valence-electron chi connectivity index (χ4n) is 1.06. The smallest absolute Gasteiger partial charge is 0.307 e. The molecule has 0 saturated carbocycles. The first-order chi connectivity index (χ1) is 6.02. The number of aliphatic carboxylic acids is 1. The number of carboxylic acid groups (broad SMARTS) is 1. The summed E-state index contributed by atoms with van der Waals surface area (Å²) >= 11 is 5.72. The van der Waals surface area contributed by atoms with Gasteiger partial charge in [-0.15, -0.1) is 0 Å². The van der Waals surface area contributed by atoms with E-state index in [4.69, 9.17) is 16.7 Å². The van der Waals surface area contributed by atoms with Crippen molar-refractivity contribution in [2.45, 2.75) is 13.3 Å². The number of rotatable bonds is 2. The minimum atomic E-state index is -1.02. The molecule has 2 nitrogen and oxygen atoms in total. The molecule has 1 aromatic carbocycles. The summed E-state index contributed by atoms with van der Waals surface area (Å²) < 4.78 is 13.0. The number of hydrogen-bond acceptors (Lipinski definition) is 1. The molecule has 1 aromatic rings. The Labute approximate surface area is 80.0 Å². The van der Waals surface area contributed by atoms with Crippen LogP contribution in [0.5, 0.6) is 0 Å². The standard InChI is InChI=1S/C9H8ClFO2/c1-5-6(4-9(12)13)7(10)2-3-8(5)11/h2-3H,4H2,1H3,(H,12,13). The zero-order chi connectivity index (χ0) is 10.0. The molecule has 0 amide bonds. The first-order valence-electron chi connectivity index (χ1n) is 3.67. The number of hydrogen-bond donors (Lipinski definition) is 1. The Bertz CT molecular complexity index is 350. The summed E-state index contributed by atoms with van der Waals surface area (Å²) in [5.41, 5.74) is 0.643. The molecule has 0 bridgehead atoms. The highest BCUT2D eigenvalue weighted by atomic mass is 35.5. The molecule has 0 unspecified atom stereocenters. The van der Waals surface area contributed by atoms with Gasteiger partial charge in [0, 0.05) is 5.02 Å². The molecule has 1 rings (SSSR count). The fourth-order valence-corrected chi connectivity index (χ4v) is 1.33. The summed E-state index contributed by atoms with van der Waals surface area (Å²) in [4.78, 5) is 10.4. The van der Waals surface area contributed by atoms with Gasteiger partial charge in [0.25, 0.3) is 0 Å². The lowest BCUT2D eigenvalue weighted by molar-refractivity contribution is -0.136. The van der Waals surface area contributed by atoms with E-state index in [1.807, 2.05) is 0 Å². The molecular formula is C9H8ClFO2. The average Bonchev–Trinajstić information content (AvgIpc) is 2.05. The largest absolute Gasteiger partial charge is 0.481 e. The molecule has 0 spiro atoms. The van der Waals surface area contributed by atoms with Crippen molar-refractivity contribution in [3.63, 3.8) is 0 Å². The minimum Gasteiger partial charge on any atom is -0.481 e. The van der Waals surface area contributed by atoms with Crippen molar-refractivity contribution in [2.75, 3.05) is 0 Å². The third-order valence-corrected chi connectivity index (χ3v) is 2.16. The normalized spacial score (nSPS) is 10.1. The fraction of sp³-hybridized carbons (Fsp3) is 0.222. The number of benzene rings is 1. The van der Waals surface area contributed by atoms with Crippen molar-refractivity contribution in [1.29, 1.82) is 0 Å². The highest BCUT2D eigenvalue weighted by Gasteiger charge is 2.11. The molecule has 0 aromatic heterocycles. The molecule has 13 heavy (non-hydrogen) atoms. The summed E-state index contributed by atoms with van der Waals surface area (Å²) in [7, 11) is 0. The lowest BCUT2D eigenvalue weighted by atomic mass is 10.1. The quantitative estimate of drug-likeness (QED) is 0.800. The van der Waals surface area contributed by atoms with E-state index in [1.54, 1.807) is 0 Å². The van der Waals surface area contributed by atoms with E-state index in [9.17, 15) is 9.18 Å². The van der Waals surface area contributed by atoms with E-state index in [0.717, 1.165) is 0 Å². The Morgan fingerprint density at radius 2 is 2.23 bits per heavy atom. The van der Waals surface area contributed by atoms with Crippen LogP contribution in [0, 0.1) is 12.7 Å². The van der Waals surface area contributed by atoms with Gasteiger partial charge in [0.15, 0.2) is 0 Å². The van der Waals surface area contributed by atoms with Gasteiger partial charge in [-0.2, -0.15) is 0 Å². The van der Waals surface area contributed by atoms with E-state index < -0.39 is 11.8 Å². The summed E-state index contributed by atoms with van der Waals surface area (Å²) in [5, 5.41) is 8.82. The van der Waals surface area contributed by atoms with E-state index in [-0.39, 0.29) is 6.42 Å². The van der Waals surface area contributed by atoms with Crippen molar-refractivity contribution in [3.8, 4) is 0 Å². The number of carbonyl (C=O) groups is 1. The van der Waals surface area contributed by atoms with Crippen molar-refractivity contribution in [1.82, 2.24) is 0 Å². The van der Waals surface area contributed by atoms with E-state index >= 15 is 0 Å². The third kappa shape index (κ3) is 2.18. The Hall–Kier alpha value is -1.09. The SMILES string of the molecule is Cc1c(F)ccc(Cl)c1CC(=O)O. The van der Waals surface area contributed by atoms with Crippen molar-refractivity contribution in [3.05, 3.63) is 34.1 Å². The van der Waals surface area contributed by atoms with Gasteiger partial charge in [0.1, 0.15) is 5.82 Å². The molecule has 0 atom stereocenters. The van der Waals surface area contributed by atoms with Gasteiger partial charge in [0.2, 0.25) is 0 Å². The highest BCUT2D eigenvalue weighted by Crippen LogP contribution is 2.22. The van der Waals surface area contributed by atoms with Gasteiger partial charge in [-0.3, -0.25) is 4.79 Å². The lowest BCUT2D eigenvalue weighted by Gasteiger charge is -2.05. The zero-order valence-corrected chi connectivity index (χ0v) is 7.73. The maximum atomic E-state index is 13.0. The molecule has 1 N–H and O–H groups in total. The Morgan fingerprint density at radius 1 is 1.62 bits per heavy atom. The van der Waals surface area contributed by atoms with Crippen molar-refractivity contribution >= 4 is 17.6 Å². The Morgan fingerprint density at radius 3 is 2.77 bits per heavy atom. The Balaban J connectivity index is 3.17. The minimum absolute atomic E-state index is 0.248. The summed E-state index contributed by atoms with van der Waals surface area (Å²) in [6, 6.07) is 2.59. The molecule has 0 radical (unpaired) electrons. The van der Waals surface area contributed by atoms with Gasteiger partial charge < -0.3 is 5.11 Å². The predicted octanol–water partition coefficient (Wildman–Crippen LogP) is 2.41. The summed E-state index contributed by atoms with van der Waals surface area (Å²) in [6.45, 7) is 1.51. The second-order valence-corrected chi connectivity index (χ2v) is 3.11. The van der Waals surface area contributed by atoms with Crippen molar-refractivity contribution in [2.24, 2.45) is 0 Å². The first kappa shape index (κ1) is 9.99. The Kier molecular flexibility index (Phi) is 2.88. The maximum absolute atomic E-state index is 13.0. The van der Waals surface area contributed by atoms with Crippen LogP contribution in [0.1, 0.15) is 11.1 Å². The van der Waals surface area contributed by atoms with Crippen LogP contribution in [-0.2, 0) is 11.2 Å². The van der Waals surface area contributed by atoms with E-state index in [2.05, 4.69) is 0 Å². The van der Waals surface area contributed by atoms with Crippen LogP contribution in [-0.4, -0.2) is 11.1 Å². The average molecular weight is 203 g/mol. The topological polar surface area (TPSA) is 37.3 Å². The van der Waals surface area contributed by atoms with Crippen LogP contribution in [0.4, 0.5) is 4.39 Å². The first-order valence-corrected chi connectivity index (χ1v) is 4.05. The highest BCUT2D eigenvalue weighted by molar-refractivity contribution is 6.31.